The van der Waals surface area contributed by atoms with E-state index in [1.165, 1.54) is 16.9 Å². The van der Waals surface area contributed by atoms with Gasteiger partial charge in [0.1, 0.15) is 11.9 Å². The lowest BCUT2D eigenvalue weighted by Crippen LogP contribution is -2.43. The number of carbonyl (C=O) groups excluding carboxylic acids is 1. The average molecular weight is 317 g/mol. The van der Waals surface area contributed by atoms with Crippen LogP contribution in [0.25, 0.3) is 0 Å². The van der Waals surface area contributed by atoms with Gasteiger partial charge in [-0.2, -0.15) is 0 Å². The minimum Gasteiger partial charge on any atom is -0.377 e. The second kappa shape index (κ2) is 5.52. The van der Waals surface area contributed by atoms with Crippen molar-refractivity contribution in [2.45, 2.75) is 32.2 Å². The molecule has 0 bridgehead atoms. The molecule has 1 aliphatic heterocycles. The lowest BCUT2D eigenvalue weighted by atomic mass is 10.2. The summed E-state index contributed by atoms with van der Waals surface area (Å²) in [4.78, 5) is 24.7. The van der Waals surface area contributed by atoms with Gasteiger partial charge in [-0.3, -0.25) is 4.79 Å². The van der Waals surface area contributed by atoms with Gasteiger partial charge in [0.2, 0.25) is 0 Å². The number of fused-ring (bicyclic) bond motifs is 1. The fourth-order valence-corrected chi connectivity index (χ4v) is 4.46. The summed E-state index contributed by atoms with van der Waals surface area (Å²) in [6.45, 7) is 3.68. The highest BCUT2D eigenvalue weighted by molar-refractivity contribution is 7.14. The number of nitrogens with zero attached hydrogens (tertiary/aromatic N) is 2. The molecule has 1 amide bonds. The minimum atomic E-state index is -0.119. The lowest BCUT2D eigenvalue weighted by molar-refractivity contribution is -0.00475. The van der Waals surface area contributed by atoms with Crippen molar-refractivity contribution in [3.05, 3.63) is 39.1 Å². The van der Waals surface area contributed by atoms with E-state index in [9.17, 15) is 4.79 Å². The fraction of sp³-hybridized carbons (Fsp3) is 0.500. The smallest absolute Gasteiger partial charge is 0.264 e. The Morgan fingerprint density at radius 2 is 2.41 bits per heavy atom. The van der Waals surface area contributed by atoms with Gasteiger partial charge in [0.15, 0.2) is 0 Å². The van der Waals surface area contributed by atoms with E-state index in [1.807, 2.05) is 11.8 Å². The van der Waals surface area contributed by atoms with Crippen molar-refractivity contribution in [1.82, 2.24) is 14.9 Å². The molecule has 4 rings (SSSR count). The molecule has 1 unspecified atom stereocenters. The summed E-state index contributed by atoms with van der Waals surface area (Å²) in [5, 5.41) is 0. The predicted octanol–water partition coefficient (Wildman–Crippen LogP) is 2.48. The van der Waals surface area contributed by atoms with Crippen molar-refractivity contribution in [1.29, 1.82) is 0 Å². The Balaban J connectivity index is 1.61. The third-order valence-corrected chi connectivity index (χ3v) is 5.61. The SMILES string of the molecule is Cc1cnc(C2COCCN2C(=O)c2cc3c(s2)CCC3)[nH]1. The summed E-state index contributed by atoms with van der Waals surface area (Å²) in [6.07, 6.45) is 5.26. The molecular formula is C16H19N3O2S. The third kappa shape index (κ3) is 2.36. The molecular weight excluding hydrogens is 298 g/mol. The molecule has 1 aliphatic carbocycles. The van der Waals surface area contributed by atoms with Crippen LogP contribution >= 0.6 is 11.3 Å². The molecule has 0 spiro atoms. The Bertz CT molecular complexity index is 685. The van der Waals surface area contributed by atoms with E-state index >= 15 is 0 Å². The largest absolute Gasteiger partial charge is 0.377 e. The number of H-pyrrole nitrogens is 1. The summed E-state index contributed by atoms with van der Waals surface area (Å²) in [7, 11) is 0. The molecule has 2 aromatic rings. The minimum absolute atomic E-state index is 0.113. The fourth-order valence-electron chi connectivity index (χ4n) is 3.25. The van der Waals surface area contributed by atoms with E-state index in [0.717, 1.165) is 29.2 Å². The highest BCUT2D eigenvalue weighted by Crippen LogP contribution is 2.33. The number of amides is 1. The van der Waals surface area contributed by atoms with Gasteiger partial charge >= 0.3 is 0 Å². The number of rotatable bonds is 2. The first-order valence-electron chi connectivity index (χ1n) is 7.74. The molecule has 22 heavy (non-hydrogen) atoms. The van der Waals surface area contributed by atoms with Crippen LogP contribution in [0.3, 0.4) is 0 Å². The van der Waals surface area contributed by atoms with E-state index in [4.69, 9.17) is 4.74 Å². The van der Waals surface area contributed by atoms with E-state index in [1.54, 1.807) is 17.5 Å². The Labute approximate surface area is 133 Å². The van der Waals surface area contributed by atoms with Crippen LogP contribution in [-0.4, -0.2) is 40.5 Å². The van der Waals surface area contributed by atoms with Crippen LogP contribution in [0.5, 0.6) is 0 Å². The molecule has 1 fully saturated rings. The molecule has 2 aliphatic rings. The van der Waals surface area contributed by atoms with Crippen LogP contribution in [0.15, 0.2) is 12.3 Å². The molecule has 2 aromatic heterocycles. The predicted molar refractivity (Wildman–Crippen MR) is 84.3 cm³/mol. The van der Waals surface area contributed by atoms with E-state index < -0.39 is 0 Å². The van der Waals surface area contributed by atoms with Crippen molar-refractivity contribution >= 4 is 17.2 Å². The van der Waals surface area contributed by atoms with Gasteiger partial charge in [-0.25, -0.2) is 4.98 Å². The average Bonchev–Trinajstić information content (AvgIpc) is 3.21. The number of aryl methyl sites for hydroxylation is 3. The zero-order valence-electron chi connectivity index (χ0n) is 12.6. The molecule has 0 saturated carbocycles. The number of thiophene rings is 1. The van der Waals surface area contributed by atoms with Crippen LogP contribution in [0.1, 0.15) is 44.1 Å². The first-order chi connectivity index (χ1) is 10.7. The number of hydrogen-bond acceptors (Lipinski definition) is 4. The lowest BCUT2D eigenvalue weighted by Gasteiger charge is -2.34. The van der Waals surface area contributed by atoms with Gasteiger partial charge < -0.3 is 14.6 Å². The molecule has 116 valence electrons. The summed E-state index contributed by atoms with van der Waals surface area (Å²) < 4.78 is 5.57. The summed E-state index contributed by atoms with van der Waals surface area (Å²) in [5.41, 5.74) is 2.37. The van der Waals surface area contributed by atoms with E-state index in [0.29, 0.717) is 19.8 Å². The second-order valence-electron chi connectivity index (χ2n) is 5.95. The number of ether oxygens (including phenoxy) is 1. The monoisotopic (exact) mass is 317 g/mol. The maximum absolute atomic E-state index is 12.9. The maximum Gasteiger partial charge on any atom is 0.264 e. The van der Waals surface area contributed by atoms with Crippen molar-refractivity contribution in [3.8, 4) is 0 Å². The molecule has 3 heterocycles. The zero-order chi connectivity index (χ0) is 15.1. The van der Waals surface area contributed by atoms with Crippen LogP contribution in [0.4, 0.5) is 0 Å². The number of carbonyl (C=O) groups is 1. The van der Waals surface area contributed by atoms with Crippen molar-refractivity contribution in [2.24, 2.45) is 0 Å². The second-order valence-corrected chi connectivity index (χ2v) is 7.09. The molecule has 0 aromatic carbocycles. The van der Waals surface area contributed by atoms with Crippen molar-refractivity contribution in [2.75, 3.05) is 19.8 Å². The molecule has 1 atom stereocenters. The highest BCUT2D eigenvalue weighted by Gasteiger charge is 2.32. The quantitative estimate of drug-likeness (QED) is 0.926. The van der Waals surface area contributed by atoms with Gasteiger partial charge in [-0.1, -0.05) is 0 Å². The summed E-state index contributed by atoms with van der Waals surface area (Å²) >= 11 is 1.66. The van der Waals surface area contributed by atoms with Gasteiger partial charge in [-0.15, -0.1) is 11.3 Å². The highest BCUT2D eigenvalue weighted by atomic mass is 32.1. The van der Waals surface area contributed by atoms with Crippen molar-refractivity contribution < 1.29 is 9.53 Å². The van der Waals surface area contributed by atoms with Crippen LogP contribution in [0.2, 0.25) is 0 Å². The standard InChI is InChI=1S/C16H19N3O2S/c1-10-8-17-15(18-10)12-9-21-6-5-19(12)16(20)14-7-11-3-2-4-13(11)22-14/h7-8,12H,2-6,9H2,1H3,(H,17,18). The van der Waals surface area contributed by atoms with Crippen LogP contribution in [0, 0.1) is 6.92 Å². The first kappa shape index (κ1) is 14.0. The Hall–Kier alpha value is -1.66. The van der Waals surface area contributed by atoms with E-state index in [-0.39, 0.29) is 11.9 Å². The van der Waals surface area contributed by atoms with Gasteiger partial charge in [0.25, 0.3) is 5.91 Å². The number of imidazole rings is 1. The van der Waals surface area contributed by atoms with E-state index in [2.05, 4.69) is 16.0 Å². The normalized spacial score (nSPS) is 21.1. The van der Waals surface area contributed by atoms with Gasteiger partial charge in [0.05, 0.1) is 18.1 Å². The van der Waals surface area contributed by atoms with Crippen LogP contribution < -0.4 is 0 Å². The zero-order valence-corrected chi connectivity index (χ0v) is 13.4. The summed E-state index contributed by atoms with van der Waals surface area (Å²) in [6, 6.07) is 1.97. The Kier molecular flexibility index (Phi) is 3.50. The molecule has 1 N–H and O–H groups in total. The summed E-state index contributed by atoms with van der Waals surface area (Å²) in [5.74, 6) is 0.927. The van der Waals surface area contributed by atoms with Gasteiger partial charge in [0, 0.05) is 23.3 Å². The third-order valence-electron chi connectivity index (χ3n) is 4.38. The molecule has 0 radical (unpaired) electrons. The topological polar surface area (TPSA) is 58.2 Å². The molecule has 6 heteroatoms. The molecule has 1 saturated heterocycles. The van der Waals surface area contributed by atoms with Crippen molar-refractivity contribution in [3.63, 3.8) is 0 Å². The number of aromatic amines is 1. The first-order valence-corrected chi connectivity index (χ1v) is 8.56. The Morgan fingerprint density at radius 1 is 1.50 bits per heavy atom. The van der Waals surface area contributed by atoms with Gasteiger partial charge in [-0.05, 0) is 37.8 Å². The number of hydrogen-bond donors (Lipinski definition) is 1. The van der Waals surface area contributed by atoms with Crippen LogP contribution in [-0.2, 0) is 17.6 Å². The number of morpholine rings is 1. The Morgan fingerprint density at radius 3 is 3.18 bits per heavy atom. The maximum atomic E-state index is 12.9. The number of aromatic nitrogens is 2. The molecule has 5 nitrogen and oxygen atoms in total. The number of nitrogens with one attached hydrogen (secondary N) is 1.